The van der Waals surface area contributed by atoms with Crippen molar-refractivity contribution in [3.05, 3.63) is 64.0 Å². The number of carbonyl (C=O) groups is 1. The first kappa shape index (κ1) is 13.6. The van der Waals surface area contributed by atoms with Crippen LogP contribution in [0.4, 0.5) is 0 Å². The van der Waals surface area contributed by atoms with Gasteiger partial charge in [-0.2, -0.15) is 5.16 Å². The number of hydrogen-bond acceptors (Lipinski definition) is 4. The van der Waals surface area contributed by atoms with Gasteiger partial charge < -0.3 is 14.4 Å². The molecule has 0 spiro atoms. The lowest BCUT2D eigenvalue weighted by Gasteiger charge is -2.25. The molecule has 2 aromatic heterocycles. The molecule has 7 heteroatoms. The van der Waals surface area contributed by atoms with Crippen molar-refractivity contribution in [1.29, 1.82) is 0 Å². The van der Waals surface area contributed by atoms with Crippen LogP contribution in [-0.2, 0) is 13.0 Å². The van der Waals surface area contributed by atoms with Gasteiger partial charge in [-0.15, -0.1) is 0 Å². The summed E-state index contributed by atoms with van der Waals surface area (Å²) in [6.07, 6.45) is 3.86. The fourth-order valence-corrected chi connectivity index (χ4v) is 2.80. The molecular weight excluding hydrogens is 296 g/mol. The predicted molar refractivity (Wildman–Crippen MR) is 81.8 cm³/mol. The molecular formula is C16H14N4O3. The van der Waals surface area contributed by atoms with E-state index < -0.39 is 0 Å². The summed E-state index contributed by atoms with van der Waals surface area (Å²) < 4.78 is 5.13. The van der Waals surface area contributed by atoms with Gasteiger partial charge in [0, 0.05) is 12.1 Å². The molecule has 1 aromatic carbocycles. The number of benzene rings is 1. The molecule has 1 aliphatic rings. The third kappa shape index (κ3) is 2.36. The van der Waals surface area contributed by atoms with E-state index in [2.05, 4.69) is 15.1 Å². The Kier molecular flexibility index (Phi) is 3.11. The number of imidazole rings is 1. The van der Waals surface area contributed by atoms with Crippen LogP contribution >= 0.6 is 0 Å². The first-order chi connectivity index (χ1) is 11.2. The van der Waals surface area contributed by atoms with Crippen LogP contribution in [-0.4, -0.2) is 32.5 Å². The molecule has 0 unspecified atom stereocenters. The quantitative estimate of drug-likeness (QED) is 0.751. The highest BCUT2D eigenvalue weighted by atomic mass is 16.5. The molecule has 3 aromatic rings. The topological polar surface area (TPSA) is 95.0 Å². The van der Waals surface area contributed by atoms with E-state index in [4.69, 9.17) is 4.52 Å². The zero-order chi connectivity index (χ0) is 15.8. The van der Waals surface area contributed by atoms with Gasteiger partial charge in [-0.25, -0.2) is 4.98 Å². The molecule has 1 aliphatic heterocycles. The summed E-state index contributed by atoms with van der Waals surface area (Å²) in [6, 6.07) is 7.35. The average Bonchev–Trinajstić information content (AvgIpc) is 3.24. The molecule has 0 radical (unpaired) electrons. The van der Waals surface area contributed by atoms with Gasteiger partial charge in [-0.3, -0.25) is 9.59 Å². The van der Waals surface area contributed by atoms with Gasteiger partial charge in [0.1, 0.15) is 0 Å². The summed E-state index contributed by atoms with van der Waals surface area (Å²) in [5, 5.41) is 2.32. The molecule has 0 fully saturated rings. The summed E-state index contributed by atoms with van der Waals surface area (Å²) in [6.45, 7) is 0.825. The summed E-state index contributed by atoms with van der Waals surface area (Å²) in [4.78, 5) is 32.8. The molecule has 23 heavy (non-hydrogen) atoms. The van der Waals surface area contributed by atoms with Gasteiger partial charge >= 0.3 is 0 Å². The Bertz CT molecular complexity index is 890. The highest BCUT2D eigenvalue weighted by Crippen LogP contribution is 2.20. The second kappa shape index (κ2) is 5.28. The summed E-state index contributed by atoms with van der Waals surface area (Å²) in [5.41, 5.74) is 2.92. The van der Waals surface area contributed by atoms with Crippen molar-refractivity contribution in [2.75, 3.05) is 6.54 Å². The Labute approximate surface area is 130 Å². The van der Waals surface area contributed by atoms with Crippen LogP contribution in [0, 0.1) is 0 Å². The fourth-order valence-electron chi connectivity index (χ4n) is 2.80. The average molecular weight is 310 g/mol. The van der Waals surface area contributed by atoms with Crippen molar-refractivity contribution in [2.24, 2.45) is 0 Å². The highest BCUT2D eigenvalue weighted by molar-refractivity contribution is 5.94. The molecule has 4 rings (SSSR count). The summed E-state index contributed by atoms with van der Waals surface area (Å²) in [7, 11) is 0. The molecule has 0 aliphatic carbocycles. The maximum absolute atomic E-state index is 12.6. The van der Waals surface area contributed by atoms with Crippen LogP contribution in [0.5, 0.6) is 0 Å². The van der Waals surface area contributed by atoms with Crippen molar-refractivity contribution in [2.45, 2.75) is 13.0 Å². The van der Waals surface area contributed by atoms with Crippen LogP contribution in [0.2, 0.25) is 0 Å². The number of rotatable bonds is 2. The second-order valence-electron chi connectivity index (χ2n) is 5.45. The largest absolute Gasteiger partial charge is 0.381 e. The van der Waals surface area contributed by atoms with Gasteiger partial charge in [0.05, 0.1) is 30.3 Å². The van der Waals surface area contributed by atoms with E-state index in [0.29, 0.717) is 36.4 Å². The number of nitrogens with zero attached hydrogens (tertiary/aromatic N) is 2. The van der Waals surface area contributed by atoms with Crippen LogP contribution in [0.15, 0.2) is 46.1 Å². The smallest absolute Gasteiger partial charge is 0.283 e. The predicted octanol–water partition coefficient (Wildman–Crippen LogP) is 1.56. The van der Waals surface area contributed by atoms with Gasteiger partial charge in [-0.1, -0.05) is 12.1 Å². The van der Waals surface area contributed by atoms with E-state index in [-0.39, 0.29) is 11.5 Å². The minimum absolute atomic E-state index is 0.0735. The van der Waals surface area contributed by atoms with Gasteiger partial charge in [0.25, 0.3) is 11.5 Å². The lowest BCUT2D eigenvalue weighted by molar-refractivity contribution is 0.0716. The van der Waals surface area contributed by atoms with E-state index in [1.54, 1.807) is 29.6 Å². The van der Waals surface area contributed by atoms with Crippen molar-refractivity contribution >= 4 is 5.91 Å². The number of hydrogen-bond donors (Lipinski definition) is 2. The maximum atomic E-state index is 12.6. The Morgan fingerprint density at radius 2 is 2.09 bits per heavy atom. The molecule has 0 saturated carbocycles. The number of carbonyl (C=O) groups excluding carboxylic acids is 1. The van der Waals surface area contributed by atoms with E-state index in [0.717, 1.165) is 11.3 Å². The Morgan fingerprint density at radius 3 is 2.83 bits per heavy atom. The molecule has 0 bridgehead atoms. The molecule has 1 amide bonds. The number of aromatic nitrogens is 3. The molecule has 3 heterocycles. The fraction of sp³-hybridized carbons (Fsp3) is 0.188. The highest BCUT2D eigenvalue weighted by Gasteiger charge is 2.26. The first-order valence-electron chi connectivity index (χ1n) is 7.29. The maximum Gasteiger partial charge on any atom is 0.283 e. The molecule has 0 saturated heterocycles. The van der Waals surface area contributed by atoms with Crippen molar-refractivity contribution in [3.8, 4) is 11.3 Å². The lowest BCUT2D eigenvalue weighted by Crippen LogP contribution is -2.36. The molecule has 116 valence electrons. The van der Waals surface area contributed by atoms with Crippen LogP contribution < -0.4 is 5.56 Å². The Morgan fingerprint density at radius 1 is 1.26 bits per heavy atom. The molecule has 2 N–H and O–H groups in total. The normalized spacial score (nSPS) is 13.8. The standard InChI is InChI=1S/C16H14N4O3/c21-15-12-5-6-20(8-14(12)23-19-15)16(22)11-3-1-10(2-4-11)13-7-17-9-18-13/h1-4,7,9H,5-6,8H2,(H,17,18)(H,19,21). The van der Waals surface area contributed by atoms with Crippen molar-refractivity contribution < 1.29 is 9.32 Å². The van der Waals surface area contributed by atoms with E-state index in [1.807, 2.05) is 12.1 Å². The number of fused-ring (bicyclic) bond motifs is 1. The number of H-pyrrole nitrogens is 2. The van der Waals surface area contributed by atoms with Crippen LogP contribution in [0.1, 0.15) is 21.7 Å². The molecule has 7 nitrogen and oxygen atoms in total. The zero-order valence-corrected chi connectivity index (χ0v) is 12.2. The Hall–Kier alpha value is -3.09. The van der Waals surface area contributed by atoms with Gasteiger partial charge in [0.15, 0.2) is 5.76 Å². The van der Waals surface area contributed by atoms with Crippen LogP contribution in [0.3, 0.4) is 0 Å². The monoisotopic (exact) mass is 310 g/mol. The van der Waals surface area contributed by atoms with E-state index in [9.17, 15) is 9.59 Å². The van der Waals surface area contributed by atoms with Crippen molar-refractivity contribution in [3.63, 3.8) is 0 Å². The second-order valence-corrected chi connectivity index (χ2v) is 5.45. The molecule has 0 atom stereocenters. The number of aromatic amines is 2. The SMILES string of the molecule is O=C(c1ccc(-c2cnc[nH]2)cc1)N1CCc2c(o[nH]c2=O)C1. The van der Waals surface area contributed by atoms with E-state index in [1.165, 1.54) is 0 Å². The zero-order valence-electron chi connectivity index (χ0n) is 12.2. The summed E-state index contributed by atoms with van der Waals surface area (Å²) >= 11 is 0. The summed E-state index contributed by atoms with van der Waals surface area (Å²) in [5.74, 6) is 0.472. The first-order valence-corrected chi connectivity index (χ1v) is 7.29. The minimum Gasteiger partial charge on any atom is -0.381 e. The Balaban J connectivity index is 1.54. The van der Waals surface area contributed by atoms with E-state index >= 15 is 0 Å². The van der Waals surface area contributed by atoms with Crippen molar-refractivity contribution in [1.82, 2.24) is 20.0 Å². The number of amides is 1. The third-order valence-corrected chi connectivity index (χ3v) is 4.07. The third-order valence-electron chi connectivity index (χ3n) is 4.07. The van der Waals surface area contributed by atoms with Gasteiger partial charge in [0.2, 0.25) is 0 Å². The van der Waals surface area contributed by atoms with Crippen LogP contribution in [0.25, 0.3) is 11.3 Å². The van der Waals surface area contributed by atoms with Gasteiger partial charge in [-0.05, 0) is 24.1 Å². The lowest BCUT2D eigenvalue weighted by atomic mass is 10.1. The minimum atomic E-state index is -0.198. The number of nitrogens with one attached hydrogen (secondary N) is 2.